The monoisotopic (exact) mass is 469 g/mol. The molecule has 0 unspecified atom stereocenters. The molecule has 1 aliphatic carbocycles. The highest BCUT2D eigenvalue weighted by Gasteiger charge is 2.23. The van der Waals surface area contributed by atoms with Gasteiger partial charge in [0.05, 0.1) is 12.7 Å². The van der Waals surface area contributed by atoms with Crippen LogP contribution in [0.25, 0.3) is 11.1 Å². The topological polar surface area (TPSA) is 83.4 Å². The summed E-state index contributed by atoms with van der Waals surface area (Å²) >= 11 is 0. The Bertz CT molecular complexity index is 1230. The zero-order chi connectivity index (χ0) is 24.6. The van der Waals surface area contributed by atoms with E-state index in [-0.39, 0.29) is 5.91 Å². The number of nitrogens with zero attached hydrogens (tertiary/aromatic N) is 1. The number of rotatable bonds is 10. The summed E-state index contributed by atoms with van der Waals surface area (Å²) in [4.78, 5) is 11.1. The second kappa shape index (κ2) is 11.5. The number of nitriles is 1. The Morgan fingerprint density at radius 1 is 1.03 bits per heavy atom. The molecular weight excluding hydrogens is 438 g/mol. The lowest BCUT2D eigenvalue weighted by molar-refractivity contribution is -0.118. The third-order valence-corrected chi connectivity index (χ3v) is 6.37. The molecule has 3 aromatic rings. The number of methoxy groups -OCH3 is 1. The first-order valence-electron chi connectivity index (χ1n) is 12.0. The van der Waals surface area contributed by atoms with Crippen molar-refractivity contribution in [2.45, 2.75) is 39.3 Å². The van der Waals surface area contributed by atoms with E-state index in [0.717, 1.165) is 53.0 Å². The van der Waals surface area contributed by atoms with Crippen LogP contribution in [0.4, 0.5) is 0 Å². The molecule has 0 aromatic heterocycles. The second-order valence-corrected chi connectivity index (χ2v) is 8.63. The molecule has 0 saturated carbocycles. The highest BCUT2D eigenvalue weighted by molar-refractivity contribution is 5.73. The van der Waals surface area contributed by atoms with Crippen molar-refractivity contribution in [3.63, 3.8) is 0 Å². The van der Waals surface area contributed by atoms with Crippen molar-refractivity contribution in [2.24, 2.45) is 0 Å². The van der Waals surface area contributed by atoms with Crippen molar-refractivity contribution in [1.29, 1.82) is 5.26 Å². The first-order chi connectivity index (χ1) is 17.1. The van der Waals surface area contributed by atoms with Crippen LogP contribution in [0, 0.1) is 11.3 Å². The summed E-state index contributed by atoms with van der Waals surface area (Å²) in [6.07, 6.45) is 3.02. The van der Waals surface area contributed by atoms with Gasteiger partial charge in [0, 0.05) is 43.8 Å². The number of ether oxygens (including phenoxy) is 2. The lowest BCUT2D eigenvalue weighted by atomic mass is 9.96. The number of hydrogen-bond acceptors (Lipinski definition) is 5. The number of amides is 1. The van der Waals surface area contributed by atoms with E-state index in [1.165, 1.54) is 18.1 Å². The molecule has 0 fully saturated rings. The van der Waals surface area contributed by atoms with E-state index in [1.54, 1.807) is 7.11 Å². The molecule has 0 atom stereocenters. The molecule has 1 aliphatic rings. The van der Waals surface area contributed by atoms with Gasteiger partial charge in [0.2, 0.25) is 5.91 Å². The van der Waals surface area contributed by atoms with Crippen LogP contribution in [-0.4, -0.2) is 26.1 Å². The Balaban J connectivity index is 1.54. The lowest BCUT2D eigenvalue weighted by Gasteiger charge is -2.19. The SMILES string of the molecule is COc1cc(OCc2cccc(-c3ccccc3)c2C#N)c2c(c1CNCCNC(C)=O)CCC2. The molecule has 2 N–H and O–H groups in total. The molecule has 1 amide bonds. The normalized spacial score (nSPS) is 12.0. The summed E-state index contributed by atoms with van der Waals surface area (Å²) in [7, 11) is 1.68. The number of nitrogens with one attached hydrogen (secondary N) is 2. The maximum Gasteiger partial charge on any atom is 0.216 e. The molecule has 3 aromatic carbocycles. The van der Waals surface area contributed by atoms with Crippen LogP contribution in [0.15, 0.2) is 54.6 Å². The molecule has 0 saturated heterocycles. The Morgan fingerprint density at radius 3 is 2.57 bits per heavy atom. The summed E-state index contributed by atoms with van der Waals surface area (Å²) in [6, 6.07) is 20.2. The maximum absolute atomic E-state index is 11.1. The zero-order valence-corrected chi connectivity index (χ0v) is 20.3. The standard InChI is InChI=1S/C29H31N3O3/c1-20(33)32-15-14-31-18-27-24-12-7-13-25(24)29(16-28(27)34-2)35-19-22-10-6-11-23(26(22)17-30)21-8-4-3-5-9-21/h3-6,8-11,16,31H,7,12-15,18-19H2,1-2H3,(H,32,33). The van der Waals surface area contributed by atoms with Crippen LogP contribution >= 0.6 is 0 Å². The zero-order valence-electron chi connectivity index (χ0n) is 20.3. The largest absolute Gasteiger partial charge is 0.496 e. The van der Waals surface area contributed by atoms with E-state index in [0.29, 0.717) is 31.8 Å². The smallest absolute Gasteiger partial charge is 0.216 e. The van der Waals surface area contributed by atoms with Crippen LogP contribution in [-0.2, 0) is 30.8 Å². The molecule has 35 heavy (non-hydrogen) atoms. The highest BCUT2D eigenvalue weighted by atomic mass is 16.5. The third kappa shape index (κ3) is 5.64. The number of carbonyl (C=O) groups is 1. The summed E-state index contributed by atoms with van der Waals surface area (Å²) in [5.41, 5.74) is 7.10. The van der Waals surface area contributed by atoms with E-state index in [4.69, 9.17) is 9.47 Å². The molecular formula is C29H31N3O3. The van der Waals surface area contributed by atoms with Crippen molar-refractivity contribution >= 4 is 5.91 Å². The molecule has 0 radical (unpaired) electrons. The van der Waals surface area contributed by atoms with Crippen molar-refractivity contribution in [3.05, 3.63) is 82.4 Å². The summed E-state index contributed by atoms with van der Waals surface area (Å²) in [6.45, 7) is 3.78. The maximum atomic E-state index is 11.1. The van der Waals surface area contributed by atoms with Gasteiger partial charge in [-0.15, -0.1) is 0 Å². The minimum atomic E-state index is -0.0272. The summed E-state index contributed by atoms with van der Waals surface area (Å²) in [5, 5.41) is 16.1. The second-order valence-electron chi connectivity index (χ2n) is 8.63. The molecule has 6 heteroatoms. The molecule has 180 valence electrons. The van der Waals surface area contributed by atoms with Crippen molar-refractivity contribution in [2.75, 3.05) is 20.2 Å². The molecule has 0 bridgehead atoms. The van der Waals surface area contributed by atoms with E-state index in [2.05, 4.69) is 16.7 Å². The number of fused-ring (bicyclic) bond motifs is 1. The molecule has 0 aliphatic heterocycles. The van der Waals surface area contributed by atoms with Crippen LogP contribution in [0.3, 0.4) is 0 Å². The Kier molecular flexibility index (Phi) is 8.02. The van der Waals surface area contributed by atoms with Crippen LogP contribution in [0.5, 0.6) is 11.5 Å². The van der Waals surface area contributed by atoms with Gasteiger partial charge >= 0.3 is 0 Å². The lowest BCUT2D eigenvalue weighted by Crippen LogP contribution is -2.30. The number of benzene rings is 3. The minimum Gasteiger partial charge on any atom is -0.496 e. The predicted molar refractivity (Wildman–Crippen MR) is 136 cm³/mol. The van der Waals surface area contributed by atoms with E-state index >= 15 is 0 Å². The van der Waals surface area contributed by atoms with Gasteiger partial charge in [-0.2, -0.15) is 5.26 Å². The summed E-state index contributed by atoms with van der Waals surface area (Å²) in [5.74, 6) is 1.59. The van der Waals surface area contributed by atoms with Crippen molar-refractivity contribution in [3.8, 4) is 28.7 Å². The fourth-order valence-electron chi connectivity index (χ4n) is 4.70. The van der Waals surface area contributed by atoms with Crippen molar-refractivity contribution < 1.29 is 14.3 Å². The fraction of sp³-hybridized carbons (Fsp3) is 0.310. The first kappa shape index (κ1) is 24.3. The Labute approximate surface area is 206 Å². The van der Waals surface area contributed by atoms with Crippen LogP contribution in [0.2, 0.25) is 0 Å². The van der Waals surface area contributed by atoms with Gasteiger partial charge in [-0.1, -0.05) is 48.5 Å². The number of hydrogen-bond donors (Lipinski definition) is 2. The van der Waals surface area contributed by atoms with Crippen molar-refractivity contribution in [1.82, 2.24) is 10.6 Å². The van der Waals surface area contributed by atoms with Gasteiger partial charge in [-0.3, -0.25) is 4.79 Å². The molecule has 0 heterocycles. The molecule has 6 nitrogen and oxygen atoms in total. The minimum absolute atomic E-state index is 0.0272. The molecule has 4 rings (SSSR count). The summed E-state index contributed by atoms with van der Waals surface area (Å²) < 4.78 is 12.1. The van der Waals surface area contributed by atoms with Gasteiger partial charge in [-0.05, 0) is 41.5 Å². The van der Waals surface area contributed by atoms with E-state index < -0.39 is 0 Å². The Morgan fingerprint density at radius 2 is 1.83 bits per heavy atom. The molecule has 0 spiro atoms. The van der Waals surface area contributed by atoms with E-state index in [1.807, 2.05) is 54.6 Å². The quantitative estimate of drug-likeness (QED) is 0.427. The highest BCUT2D eigenvalue weighted by Crippen LogP contribution is 2.39. The first-order valence-corrected chi connectivity index (χ1v) is 12.0. The average molecular weight is 470 g/mol. The van der Waals surface area contributed by atoms with E-state index in [9.17, 15) is 10.1 Å². The van der Waals surface area contributed by atoms with Gasteiger partial charge in [-0.25, -0.2) is 0 Å². The average Bonchev–Trinajstić information content (AvgIpc) is 3.38. The van der Waals surface area contributed by atoms with Gasteiger partial charge in [0.25, 0.3) is 0 Å². The van der Waals surface area contributed by atoms with Gasteiger partial charge < -0.3 is 20.1 Å². The number of carbonyl (C=O) groups excluding carboxylic acids is 1. The fourth-order valence-corrected chi connectivity index (χ4v) is 4.70. The van der Waals surface area contributed by atoms with Crippen LogP contribution < -0.4 is 20.1 Å². The predicted octanol–water partition coefficient (Wildman–Crippen LogP) is 4.53. The van der Waals surface area contributed by atoms with Crippen LogP contribution in [0.1, 0.15) is 41.2 Å². The van der Waals surface area contributed by atoms with Gasteiger partial charge in [0.1, 0.15) is 24.2 Å². The third-order valence-electron chi connectivity index (χ3n) is 6.37. The van der Waals surface area contributed by atoms with Gasteiger partial charge in [0.15, 0.2) is 0 Å². The Hall–Kier alpha value is -3.82.